The van der Waals surface area contributed by atoms with Crippen LogP contribution in [0.3, 0.4) is 0 Å². The highest BCUT2D eigenvalue weighted by Gasteiger charge is 2.33. The summed E-state index contributed by atoms with van der Waals surface area (Å²) in [6.07, 6.45) is 5.38. The van der Waals surface area contributed by atoms with E-state index < -0.39 is 0 Å². The summed E-state index contributed by atoms with van der Waals surface area (Å²) >= 11 is 1.57. The van der Waals surface area contributed by atoms with Gasteiger partial charge < -0.3 is 9.47 Å². The number of aromatic nitrogens is 1. The molecule has 0 spiro atoms. The van der Waals surface area contributed by atoms with E-state index in [9.17, 15) is 4.79 Å². The molecular weight excluding hydrogens is 360 g/mol. The number of pyridine rings is 1. The molecule has 2 aromatic heterocycles. The molecule has 1 aromatic carbocycles. The van der Waals surface area contributed by atoms with Crippen molar-refractivity contribution < 1.29 is 14.3 Å². The summed E-state index contributed by atoms with van der Waals surface area (Å²) < 4.78 is 11.9. The Hall–Kier alpha value is -2.96. The second-order valence-electron chi connectivity index (χ2n) is 6.49. The molecule has 0 aliphatic carbocycles. The van der Waals surface area contributed by atoms with Gasteiger partial charge in [0.15, 0.2) is 5.76 Å². The van der Waals surface area contributed by atoms with Gasteiger partial charge in [-0.2, -0.15) is 0 Å². The zero-order valence-electron chi connectivity index (χ0n) is 14.4. The van der Waals surface area contributed by atoms with Crippen LogP contribution in [0, 0.1) is 0 Å². The molecule has 27 heavy (non-hydrogen) atoms. The van der Waals surface area contributed by atoms with E-state index in [1.54, 1.807) is 35.9 Å². The van der Waals surface area contributed by atoms with Crippen LogP contribution in [0.25, 0.3) is 6.08 Å². The van der Waals surface area contributed by atoms with Crippen molar-refractivity contribution in [3.05, 3.63) is 81.5 Å². The first-order valence-electron chi connectivity index (χ1n) is 8.65. The molecule has 6 heteroatoms. The zero-order valence-corrected chi connectivity index (χ0v) is 15.2. The maximum absolute atomic E-state index is 12.7. The lowest BCUT2D eigenvalue weighted by Gasteiger charge is -2.29. The molecule has 134 valence electrons. The molecular formula is C21H16N2O3S. The van der Waals surface area contributed by atoms with Gasteiger partial charge in [0, 0.05) is 36.4 Å². The number of Topliss-reactive ketones (excluding diaryl/α,β-unsaturated/α-hetero) is 1. The first-order chi connectivity index (χ1) is 13.3. The molecule has 0 radical (unpaired) electrons. The smallest absolute Gasteiger partial charge is 0.232 e. The fourth-order valence-electron chi connectivity index (χ4n) is 3.35. The van der Waals surface area contributed by atoms with Crippen LogP contribution in [0.15, 0.2) is 59.9 Å². The fourth-order valence-corrected chi connectivity index (χ4v) is 4.00. The summed E-state index contributed by atoms with van der Waals surface area (Å²) in [5, 5.41) is 1.98. The molecule has 0 N–H and O–H groups in total. The Balaban J connectivity index is 1.44. The van der Waals surface area contributed by atoms with Crippen LogP contribution in [-0.2, 0) is 13.1 Å². The van der Waals surface area contributed by atoms with Gasteiger partial charge in [-0.3, -0.25) is 14.7 Å². The second-order valence-corrected chi connectivity index (χ2v) is 7.47. The number of ether oxygens (including phenoxy) is 2. The van der Waals surface area contributed by atoms with Crippen molar-refractivity contribution in [1.29, 1.82) is 0 Å². The van der Waals surface area contributed by atoms with Crippen LogP contribution in [0.1, 0.15) is 26.4 Å². The average molecular weight is 376 g/mol. The molecule has 2 aliphatic rings. The summed E-state index contributed by atoms with van der Waals surface area (Å²) in [5.74, 6) is 1.70. The topological polar surface area (TPSA) is 51.7 Å². The highest BCUT2D eigenvalue weighted by Crippen LogP contribution is 2.42. The zero-order chi connectivity index (χ0) is 18.2. The largest absolute Gasteiger partial charge is 0.478 e. The van der Waals surface area contributed by atoms with E-state index in [4.69, 9.17) is 9.47 Å². The number of ketones is 1. The molecule has 0 saturated heterocycles. The minimum atomic E-state index is -0.0764. The Labute approximate surface area is 160 Å². The van der Waals surface area contributed by atoms with E-state index in [0.29, 0.717) is 30.3 Å². The van der Waals surface area contributed by atoms with Crippen molar-refractivity contribution in [2.24, 2.45) is 0 Å². The van der Waals surface area contributed by atoms with Crippen LogP contribution in [0.5, 0.6) is 11.5 Å². The molecule has 4 heterocycles. The number of fused-ring (bicyclic) bond motifs is 3. The number of hydrogen-bond donors (Lipinski definition) is 0. The molecule has 0 fully saturated rings. The molecule has 5 rings (SSSR count). The van der Waals surface area contributed by atoms with Crippen molar-refractivity contribution in [2.45, 2.75) is 13.1 Å². The molecule has 3 aromatic rings. The van der Waals surface area contributed by atoms with Gasteiger partial charge in [-0.05, 0) is 41.3 Å². The normalized spacial score (nSPS) is 17.3. The molecule has 0 unspecified atom stereocenters. The van der Waals surface area contributed by atoms with E-state index >= 15 is 0 Å². The van der Waals surface area contributed by atoms with Gasteiger partial charge in [0.1, 0.15) is 18.2 Å². The van der Waals surface area contributed by atoms with Gasteiger partial charge in [0.05, 0.1) is 11.1 Å². The third kappa shape index (κ3) is 3.03. The number of hydrogen-bond acceptors (Lipinski definition) is 6. The summed E-state index contributed by atoms with van der Waals surface area (Å²) in [7, 11) is 0. The highest BCUT2D eigenvalue weighted by molar-refractivity contribution is 7.10. The standard InChI is InChI=1S/C21H16N2O3S/c24-20-16-3-4-18-17(21(16)26-19(20)10-15-2-1-9-27-15)12-23(13-25-18)11-14-5-7-22-8-6-14/h1-10H,11-13H2. The van der Waals surface area contributed by atoms with Gasteiger partial charge in [-0.1, -0.05) is 6.07 Å². The minimum absolute atomic E-state index is 0.0764. The van der Waals surface area contributed by atoms with Crippen molar-refractivity contribution in [3.63, 3.8) is 0 Å². The lowest BCUT2D eigenvalue weighted by Crippen LogP contribution is -2.31. The fraction of sp³-hybridized carbons (Fsp3) is 0.143. The maximum Gasteiger partial charge on any atom is 0.232 e. The van der Waals surface area contributed by atoms with E-state index in [1.165, 1.54) is 5.56 Å². The van der Waals surface area contributed by atoms with Gasteiger partial charge in [0.25, 0.3) is 0 Å². The summed E-state index contributed by atoms with van der Waals surface area (Å²) in [4.78, 5) is 20.0. The highest BCUT2D eigenvalue weighted by atomic mass is 32.1. The monoisotopic (exact) mass is 376 g/mol. The number of allylic oxidation sites excluding steroid dienone is 1. The molecule has 0 atom stereocenters. The second kappa shape index (κ2) is 6.64. The van der Waals surface area contributed by atoms with Crippen molar-refractivity contribution in [2.75, 3.05) is 6.73 Å². The Morgan fingerprint density at radius 2 is 2.07 bits per heavy atom. The molecule has 5 nitrogen and oxygen atoms in total. The number of benzene rings is 1. The Morgan fingerprint density at radius 3 is 2.89 bits per heavy atom. The van der Waals surface area contributed by atoms with Gasteiger partial charge in [0.2, 0.25) is 5.78 Å². The van der Waals surface area contributed by atoms with E-state index in [0.717, 1.165) is 22.7 Å². The van der Waals surface area contributed by atoms with Crippen molar-refractivity contribution in [1.82, 2.24) is 9.88 Å². The first-order valence-corrected chi connectivity index (χ1v) is 9.53. The molecule has 0 amide bonds. The quantitative estimate of drug-likeness (QED) is 0.644. The van der Waals surface area contributed by atoms with E-state index in [-0.39, 0.29) is 5.78 Å². The van der Waals surface area contributed by atoms with Gasteiger partial charge in [-0.25, -0.2) is 0 Å². The van der Waals surface area contributed by atoms with E-state index in [1.807, 2.05) is 35.7 Å². The predicted octanol–water partition coefficient (Wildman–Crippen LogP) is 4.11. The third-order valence-electron chi connectivity index (χ3n) is 4.65. The van der Waals surface area contributed by atoms with Crippen molar-refractivity contribution in [3.8, 4) is 11.5 Å². The van der Waals surface area contributed by atoms with Crippen LogP contribution in [0.4, 0.5) is 0 Å². The Kier molecular flexibility index (Phi) is 3.99. The van der Waals surface area contributed by atoms with Crippen LogP contribution in [0.2, 0.25) is 0 Å². The summed E-state index contributed by atoms with van der Waals surface area (Å²) in [6.45, 7) is 1.91. The number of nitrogens with zero attached hydrogens (tertiary/aromatic N) is 2. The summed E-state index contributed by atoms with van der Waals surface area (Å²) in [5.41, 5.74) is 2.70. The van der Waals surface area contributed by atoms with Gasteiger partial charge in [-0.15, -0.1) is 11.3 Å². The molecule has 2 aliphatic heterocycles. The first kappa shape index (κ1) is 16.2. The Morgan fingerprint density at radius 1 is 1.19 bits per heavy atom. The Bertz CT molecular complexity index is 1030. The van der Waals surface area contributed by atoms with E-state index in [2.05, 4.69) is 9.88 Å². The number of rotatable bonds is 3. The van der Waals surface area contributed by atoms with Crippen LogP contribution >= 0.6 is 11.3 Å². The summed E-state index contributed by atoms with van der Waals surface area (Å²) in [6, 6.07) is 11.6. The van der Waals surface area contributed by atoms with Gasteiger partial charge >= 0.3 is 0 Å². The van der Waals surface area contributed by atoms with Crippen molar-refractivity contribution >= 4 is 23.2 Å². The number of carbonyl (C=O) groups excluding carboxylic acids is 1. The molecule has 0 bridgehead atoms. The van der Waals surface area contributed by atoms with Crippen LogP contribution in [-0.4, -0.2) is 22.4 Å². The minimum Gasteiger partial charge on any atom is -0.478 e. The number of thiophene rings is 1. The maximum atomic E-state index is 12.7. The molecule has 0 saturated carbocycles. The lowest BCUT2D eigenvalue weighted by atomic mass is 10.0. The number of carbonyl (C=O) groups is 1. The average Bonchev–Trinajstić information content (AvgIpc) is 3.32. The SMILES string of the molecule is O=C1C(=Cc2cccs2)Oc2c1ccc1c2CN(Cc2ccncc2)CO1. The predicted molar refractivity (Wildman–Crippen MR) is 103 cm³/mol. The van der Waals surface area contributed by atoms with Crippen LogP contribution < -0.4 is 9.47 Å². The lowest BCUT2D eigenvalue weighted by molar-refractivity contribution is 0.0872. The third-order valence-corrected chi connectivity index (χ3v) is 5.47.